The number of benzene rings is 2. The largest absolute Gasteiger partial charge is 0.338 e. The molecule has 1 unspecified atom stereocenters. The molecule has 25 heavy (non-hydrogen) atoms. The van der Waals surface area contributed by atoms with Gasteiger partial charge in [0.1, 0.15) is 0 Å². The molecule has 1 atom stereocenters. The van der Waals surface area contributed by atoms with Crippen LogP contribution < -0.4 is 0 Å². The van der Waals surface area contributed by atoms with Gasteiger partial charge in [0.05, 0.1) is 21.6 Å². The molecule has 0 bridgehead atoms. The maximum Gasteiger partial charge on any atom is 0.255 e. The van der Waals surface area contributed by atoms with Gasteiger partial charge in [-0.25, -0.2) is 8.42 Å². The Morgan fingerprint density at radius 3 is 2.44 bits per heavy atom. The molecule has 2 aromatic rings. The minimum atomic E-state index is -3.33. The summed E-state index contributed by atoms with van der Waals surface area (Å²) in [5.74, 6) is -0.339. The number of sulfone groups is 1. The lowest BCUT2D eigenvalue weighted by Gasteiger charge is -2.20. The third kappa shape index (κ3) is 4.00. The zero-order valence-corrected chi connectivity index (χ0v) is 15.7. The van der Waals surface area contributed by atoms with Crippen molar-refractivity contribution in [3.8, 4) is 0 Å². The zero-order valence-electron chi connectivity index (χ0n) is 13.4. The first kappa shape index (κ1) is 18.2. The van der Waals surface area contributed by atoms with Gasteiger partial charge in [-0.1, -0.05) is 53.5 Å². The molecule has 1 aliphatic heterocycles. The van der Waals surface area contributed by atoms with Crippen LogP contribution in [-0.4, -0.2) is 38.1 Å². The third-order valence-electron chi connectivity index (χ3n) is 4.36. The molecular formula is C18H17Cl2NO3S. The van der Waals surface area contributed by atoms with Crippen LogP contribution in [0.5, 0.6) is 0 Å². The van der Waals surface area contributed by atoms with Crippen LogP contribution in [0.1, 0.15) is 27.6 Å². The minimum absolute atomic E-state index is 0.0660. The highest BCUT2D eigenvalue weighted by Crippen LogP contribution is 2.30. The average molecular weight is 398 g/mol. The Bertz CT molecular complexity index is 884. The number of hydrogen-bond acceptors (Lipinski definition) is 3. The maximum atomic E-state index is 12.7. The van der Waals surface area contributed by atoms with Crippen LogP contribution >= 0.6 is 23.2 Å². The fourth-order valence-electron chi connectivity index (χ4n) is 3.02. The van der Waals surface area contributed by atoms with Gasteiger partial charge in [-0.3, -0.25) is 4.79 Å². The van der Waals surface area contributed by atoms with Crippen molar-refractivity contribution in [1.82, 2.24) is 4.90 Å². The number of carbonyl (C=O) groups is 1. The highest BCUT2D eigenvalue weighted by Gasteiger charge is 2.33. The van der Waals surface area contributed by atoms with E-state index in [0.717, 1.165) is 5.56 Å². The number of hydrogen-bond donors (Lipinski definition) is 0. The van der Waals surface area contributed by atoms with Gasteiger partial charge in [0.2, 0.25) is 0 Å². The summed E-state index contributed by atoms with van der Waals surface area (Å²) in [5, 5.41) is 0.125. The summed E-state index contributed by atoms with van der Waals surface area (Å²) in [6, 6.07) is 13.8. The van der Waals surface area contributed by atoms with Crippen molar-refractivity contribution in [3.05, 3.63) is 69.7 Å². The molecule has 0 aliphatic carbocycles. The number of rotatable bonds is 2. The first-order chi connectivity index (χ1) is 11.9. The van der Waals surface area contributed by atoms with Gasteiger partial charge in [-0.15, -0.1) is 0 Å². The molecule has 0 radical (unpaired) electrons. The van der Waals surface area contributed by atoms with Gasteiger partial charge in [-0.2, -0.15) is 0 Å². The first-order valence-corrected chi connectivity index (χ1v) is 10.4. The monoisotopic (exact) mass is 397 g/mol. The van der Waals surface area contributed by atoms with Crippen molar-refractivity contribution in [2.75, 3.05) is 18.8 Å². The molecule has 0 N–H and O–H groups in total. The van der Waals surface area contributed by atoms with Gasteiger partial charge < -0.3 is 4.90 Å². The molecule has 1 fully saturated rings. The van der Waals surface area contributed by atoms with E-state index in [2.05, 4.69) is 0 Å². The lowest BCUT2D eigenvalue weighted by molar-refractivity contribution is 0.0767. The molecular weight excluding hydrogens is 381 g/mol. The fraction of sp³-hybridized carbons (Fsp3) is 0.278. The van der Waals surface area contributed by atoms with Crippen LogP contribution in [0.2, 0.25) is 10.0 Å². The van der Waals surface area contributed by atoms with E-state index in [1.807, 2.05) is 30.3 Å². The number of amides is 1. The molecule has 3 rings (SSSR count). The molecule has 0 spiro atoms. The molecule has 1 aliphatic rings. The lowest BCUT2D eigenvalue weighted by atomic mass is 10.1. The molecule has 7 heteroatoms. The Morgan fingerprint density at radius 2 is 1.76 bits per heavy atom. The fourth-order valence-corrected chi connectivity index (χ4v) is 5.31. The van der Waals surface area contributed by atoms with Gasteiger partial charge >= 0.3 is 0 Å². The van der Waals surface area contributed by atoms with Crippen molar-refractivity contribution < 1.29 is 13.2 Å². The topological polar surface area (TPSA) is 54.5 Å². The van der Waals surface area contributed by atoms with E-state index < -0.39 is 15.1 Å². The predicted octanol–water partition coefficient (Wildman–Crippen LogP) is 4.00. The van der Waals surface area contributed by atoms with E-state index in [9.17, 15) is 13.2 Å². The Hall–Kier alpha value is -1.56. The quantitative estimate of drug-likeness (QED) is 0.769. The summed E-state index contributed by atoms with van der Waals surface area (Å²) in [4.78, 5) is 14.3. The molecule has 1 saturated heterocycles. The second-order valence-corrected chi connectivity index (χ2v) is 9.12. The SMILES string of the molecule is O=C(c1ccc(Cl)cc1Cl)N1CCC(c2ccccc2)S(=O)(=O)CC1. The molecule has 1 amide bonds. The number of nitrogens with zero attached hydrogens (tertiary/aromatic N) is 1. The molecule has 0 saturated carbocycles. The van der Waals surface area contributed by atoms with E-state index in [4.69, 9.17) is 23.2 Å². The Kier molecular flexibility index (Phi) is 5.37. The van der Waals surface area contributed by atoms with E-state index in [0.29, 0.717) is 23.6 Å². The second kappa shape index (κ2) is 7.36. The summed E-state index contributed by atoms with van der Waals surface area (Å²) >= 11 is 12.0. The average Bonchev–Trinajstić information content (AvgIpc) is 2.73. The van der Waals surface area contributed by atoms with E-state index in [1.54, 1.807) is 17.0 Å². The van der Waals surface area contributed by atoms with Crippen LogP contribution in [0.15, 0.2) is 48.5 Å². The van der Waals surface area contributed by atoms with Crippen molar-refractivity contribution in [2.24, 2.45) is 0 Å². The Balaban J connectivity index is 1.84. The minimum Gasteiger partial charge on any atom is -0.338 e. The molecule has 4 nitrogen and oxygen atoms in total. The summed E-state index contributed by atoms with van der Waals surface area (Å²) in [5.41, 5.74) is 1.10. The highest BCUT2D eigenvalue weighted by molar-refractivity contribution is 7.91. The lowest BCUT2D eigenvalue weighted by Crippen LogP contribution is -2.33. The van der Waals surface area contributed by atoms with Crippen LogP contribution in [-0.2, 0) is 9.84 Å². The van der Waals surface area contributed by atoms with Crippen LogP contribution in [0, 0.1) is 0 Å². The molecule has 1 heterocycles. The van der Waals surface area contributed by atoms with E-state index in [1.165, 1.54) is 6.07 Å². The summed E-state index contributed by atoms with van der Waals surface area (Å²) in [6.45, 7) is 0.514. The molecule has 2 aromatic carbocycles. The number of carbonyl (C=O) groups excluding carboxylic acids is 1. The Labute approximate surface area is 157 Å². The van der Waals surface area contributed by atoms with Crippen LogP contribution in [0.25, 0.3) is 0 Å². The van der Waals surface area contributed by atoms with Crippen molar-refractivity contribution in [2.45, 2.75) is 11.7 Å². The Morgan fingerprint density at radius 1 is 1.04 bits per heavy atom. The molecule has 132 valence electrons. The van der Waals surface area contributed by atoms with Gasteiger partial charge in [0, 0.05) is 18.1 Å². The number of halogens is 2. The molecule has 0 aromatic heterocycles. The summed E-state index contributed by atoms with van der Waals surface area (Å²) in [7, 11) is -3.33. The summed E-state index contributed by atoms with van der Waals surface area (Å²) in [6.07, 6.45) is 0.364. The van der Waals surface area contributed by atoms with Gasteiger partial charge in [-0.05, 0) is 30.2 Å². The van der Waals surface area contributed by atoms with Crippen molar-refractivity contribution in [1.29, 1.82) is 0 Å². The van der Waals surface area contributed by atoms with E-state index in [-0.39, 0.29) is 23.2 Å². The van der Waals surface area contributed by atoms with Crippen molar-refractivity contribution in [3.63, 3.8) is 0 Å². The van der Waals surface area contributed by atoms with Crippen molar-refractivity contribution >= 4 is 38.9 Å². The van der Waals surface area contributed by atoms with Gasteiger partial charge in [0.15, 0.2) is 9.84 Å². The summed E-state index contributed by atoms with van der Waals surface area (Å²) < 4.78 is 25.3. The third-order valence-corrected chi connectivity index (χ3v) is 7.03. The predicted molar refractivity (Wildman–Crippen MR) is 100.0 cm³/mol. The van der Waals surface area contributed by atoms with Crippen LogP contribution in [0.3, 0.4) is 0 Å². The zero-order chi connectivity index (χ0) is 18.0. The normalized spacial score (nSPS) is 20.1. The van der Waals surface area contributed by atoms with Crippen LogP contribution in [0.4, 0.5) is 0 Å². The first-order valence-electron chi connectivity index (χ1n) is 7.89. The van der Waals surface area contributed by atoms with E-state index >= 15 is 0 Å². The second-order valence-electron chi connectivity index (χ2n) is 5.97. The standard InChI is InChI=1S/C18H17Cl2NO3S/c19-14-6-7-15(16(20)12-14)18(22)21-9-8-17(25(23,24)11-10-21)13-4-2-1-3-5-13/h1-7,12,17H,8-11H2. The highest BCUT2D eigenvalue weighted by atomic mass is 35.5. The van der Waals surface area contributed by atoms with Gasteiger partial charge in [0.25, 0.3) is 5.91 Å². The maximum absolute atomic E-state index is 12.7. The smallest absolute Gasteiger partial charge is 0.255 e.